The van der Waals surface area contributed by atoms with E-state index in [4.69, 9.17) is 0 Å². The number of fused-ring (bicyclic) bond motifs is 1. The Labute approximate surface area is 187 Å². The number of carbonyl (C=O) groups is 3. The molecule has 0 radical (unpaired) electrons. The van der Waals surface area contributed by atoms with E-state index in [1.54, 1.807) is 5.32 Å². The molecule has 1 aromatic heterocycles. The molecule has 2 amide bonds. The number of aromatic nitrogens is 2. The van der Waals surface area contributed by atoms with E-state index in [-0.39, 0.29) is 23.0 Å². The molecule has 0 aliphatic rings. The second-order valence-corrected chi connectivity index (χ2v) is 7.30. The molecule has 2 N–H and O–H groups in total. The minimum atomic E-state index is -5.21. The topological polar surface area (TPSA) is 119 Å². The van der Waals surface area contributed by atoms with Gasteiger partial charge in [0.25, 0.3) is 5.56 Å². The van der Waals surface area contributed by atoms with Gasteiger partial charge in [0.2, 0.25) is 5.91 Å². The van der Waals surface area contributed by atoms with Crippen LogP contribution in [-0.4, -0.2) is 53.2 Å². The van der Waals surface area contributed by atoms with Crippen LogP contribution in [0.3, 0.4) is 0 Å². The van der Waals surface area contributed by atoms with Gasteiger partial charge < -0.3 is 15.4 Å². The van der Waals surface area contributed by atoms with Gasteiger partial charge in [-0.3, -0.25) is 19.0 Å². The molecule has 0 aliphatic carbocycles. The van der Waals surface area contributed by atoms with Gasteiger partial charge in [0.15, 0.2) is 0 Å². The molecule has 0 saturated heterocycles. The Morgan fingerprint density at radius 3 is 2.55 bits per heavy atom. The zero-order valence-electron chi connectivity index (χ0n) is 18.2. The number of methoxy groups -OCH3 is 1. The van der Waals surface area contributed by atoms with Crippen molar-refractivity contribution in [1.29, 1.82) is 0 Å². The van der Waals surface area contributed by atoms with Gasteiger partial charge >= 0.3 is 18.1 Å². The van der Waals surface area contributed by atoms with E-state index in [2.05, 4.69) is 15.0 Å². The lowest BCUT2D eigenvalue weighted by atomic mass is 10.1. The predicted molar refractivity (Wildman–Crippen MR) is 112 cm³/mol. The summed E-state index contributed by atoms with van der Waals surface area (Å²) in [6.45, 7) is 1.63. The Bertz CT molecular complexity index is 1070. The maximum absolute atomic E-state index is 12.9. The van der Waals surface area contributed by atoms with Gasteiger partial charge in [-0.05, 0) is 24.6 Å². The van der Waals surface area contributed by atoms with Crippen molar-refractivity contribution in [1.82, 2.24) is 20.2 Å². The van der Waals surface area contributed by atoms with Gasteiger partial charge in [0.1, 0.15) is 6.04 Å². The SMILES string of the molecule is CCCCCCNC(=O)C(Cn1cnc2ccc(C(=O)OC)cc2c1=O)NC(=O)C(F)(F)F. The molecule has 1 atom stereocenters. The Hall–Kier alpha value is -3.44. The molecule has 33 heavy (non-hydrogen) atoms. The molecule has 0 aliphatic heterocycles. The van der Waals surface area contributed by atoms with Crippen LogP contribution in [0.4, 0.5) is 13.2 Å². The van der Waals surface area contributed by atoms with Gasteiger partial charge in [-0.1, -0.05) is 26.2 Å². The standard InChI is InChI=1S/C21H25F3N4O5/c1-3-4-5-6-9-25-17(29)16(27-20(32)21(22,23)24)11-28-12-26-15-8-7-13(19(31)33-2)10-14(15)18(28)30/h7-8,10,12,16H,3-6,9,11H2,1-2H3,(H,25,29)(H,27,32). The second kappa shape index (κ2) is 11.4. The van der Waals surface area contributed by atoms with E-state index in [9.17, 15) is 32.3 Å². The van der Waals surface area contributed by atoms with Crippen LogP contribution in [0.2, 0.25) is 0 Å². The van der Waals surface area contributed by atoms with E-state index < -0.39 is 42.1 Å². The molecule has 12 heteroatoms. The minimum Gasteiger partial charge on any atom is -0.465 e. The summed E-state index contributed by atoms with van der Waals surface area (Å²) in [6, 6.07) is 2.39. The monoisotopic (exact) mass is 470 g/mol. The van der Waals surface area contributed by atoms with Gasteiger partial charge in [-0.25, -0.2) is 9.78 Å². The summed E-state index contributed by atoms with van der Waals surface area (Å²) >= 11 is 0. The Morgan fingerprint density at radius 1 is 1.18 bits per heavy atom. The fourth-order valence-electron chi connectivity index (χ4n) is 3.05. The molecule has 1 aromatic carbocycles. The van der Waals surface area contributed by atoms with Crippen LogP contribution in [0.1, 0.15) is 43.0 Å². The van der Waals surface area contributed by atoms with Gasteiger partial charge in [-0.2, -0.15) is 13.2 Å². The summed E-state index contributed by atoms with van der Waals surface area (Å²) in [4.78, 5) is 52.6. The first-order chi connectivity index (χ1) is 15.6. The Kier molecular flexibility index (Phi) is 8.94. The number of unbranched alkanes of at least 4 members (excludes halogenated alkanes) is 3. The van der Waals surface area contributed by atoms with E-state index >= 15 is 0 Å². The second-order valence-electron chi connectivity index (χ2n) is 7.30. The van der Waals surface area contributed by atoms with Gasteiger partial charge in [0.05, 0.1) is 36.4 Å². The molecule has 2 rings (SSSR count). The number of ether oxygens (including phenoxy) is 1. The fourth-order valence-corrected chi connectivity index (χ4v) is 3.05. The largest absolute Gasteiger partial charge is 0.471 e. The maximum atomic E-state index is 12.9. The molecule has 9 nitrogen and oxygen atoms in total. The summed E-state index contributed by atoms with van der Waals surface area (Å²) in [6.07, 6.45) is -0.796. The highest BCUT2D eigenvalue weighted by Crippen LogP contribution is 2.15. The number of rotatable bonds is 10. The average molecular weight is 470 g/mol. The third-order valence-electron chi connectivity index (χ3n) is 4.83. The van der Waals surface area contributed by atoms with E-state index in [0.29, 0.717) is 6.42 Å². The molecule has 180 valence electrons. The number of nitrogens with one attached hydrogen (secondary N) is 2. The average Bonchev–Trinajstić information content (AvgIpc) is 2.78. The van der Waals surface area contributed by atoms with Crippen molar-refractivity contribution in [3.8, 4) is 0 Å². The summed E-state index contributed by atoms with van der Waals surface area (Å²) < 4.78 is 43.8. The quantitative estimate of drug-likeness (QED) is 0.405. The molecule has 1 unspecified atom stereocenters. The van der Waals surface area contributed by atoms with E-state index in [1.165, 1.54) is 25.3 Å². The zero-order valence-corrected chi connectivity index (χ0v) is 18.2. The molecular formula is C21H25F3N4O5. The predicted octanol–water partition coefficient (Wildman–Crippen LogP) is 1.93. The van der Waals surface area contributed by atoms with Crippen LogP contribution in [-0.2, 0) is 20.9 Å². The first-order valence-corrected chi connectivity index (χ1v) is 10.3. The Balaban J connectivity index is 2.30. The van der Waals surface area contributed by atoms with Crippen molar-refractivity contribution in [2.45, 2.75) is 51.4 Å². The van der Waals surface area contributed by atoms with Crippen molar-refractivity contribution < 1.29 is 32.3 Å². The van der Waals surface area contributed by atoms with Crippen molar-refractivity contribution in [3.63, 3.8) is 0 Å². The van der Waals surface area contributed by atoms with E-state index in [1.807, 2.05) is 6.92 Å². The number of hydrogen-bond acceptors (Lipinski definition) is 6. The van der Waals surface area contributed by atoms with Crippen LogP contribution in [0.25, 0.3) is 10.9 Å². The van der Waals surface area contributed by atoms with Crippen molar-refractivity contribution in [2.75, 3.05) is 13.7 Å². The van der Waals surface area contributed by atoms with Crippen molar-refractivity contribution in [3.05, 3.63) is 40.4 Å². The minimum absolute atomic E-state index is 0.00118. The number of esters is 1. The number of alkyl halides is 3. The number of benzene rings is 1. The fraction of sp³-hybridized carbons (Fsp3) is 0.476. The number of nitrogens with zero attached hydrogens (tertiary/aromatic N) is 2. The number of amides is 2. The molecule has 0 fully saturated rings. The van der Waals surface area contributed by atoms with Crippen LogP contribution in [0, 0.1) is 0 Å². The van der Waals surface area contributed by atoms with Crippen LogP contribution < -0.4 is 16.2 Å². The molecular weight excluding hydrogens is 445 g/mol. The van der Waals surface area contributed by atoms with Crippen LogP contribution >= 0.6 is 0 Å². The third-order valence-corrected chi connectivity index (χ3v) is 4.83. The lowest BCUT2D eigenvalue weighted by Crippen LogP contribution is -2.53. The lowest BCUT2D eigenvalue weighted by Gasteiger charge is -2.20. The Morgan fingerprint density at radius 2 is 1.91 bits per heavy atom. The zero-order chi connectivity index (χ0) is 24.6. The summed E-state index contributed by atoms with van der Waals surface area (Å²) in [5, 5.41) is 4.12. The van der Waals surface area contributed by atoms with Crippen molar-refractivity contribution in [2.24, 2.45) is 0 Å². The van der Waals surface area contributed by atoms with Crippen LogP contribution in [0.5, 0.6) is 0 Å². The highest BCUT2D eigenvalue weighted by atomic mass is 19.4. The number of carbonyl (C=O) groups excluding carboxylic acids is 3. The third kappa shape index (κ3) is 7.02. The van der Waals surface area contributed by atoms with E-state index in [0.717, 1.165) is 30.2 Å². The smallest absolute Gasteiger partial charge is 0.465 e. The summed E-state index contributed by atoms with van der Waals surface area (Å²) in [7, 11) is 1.17. The summed E-state index contributed by atoms with van der Waals surface area (Å²) in [5.41, 5.74) is -0.388. The van der Waals surface area contributed by atoms with Crippen molar-refractivity contribution >= 4 is 28.7 Å². The molecule has 0 bridgehead atoms. The highest BCUT2D eigenvalue weighted by molar-refractivity contribution is 5.94. The summed E-state index contributed by atoms with van der Waals surface area (Å²) in [5.74, 6) is -3.85. The van der Waals surface area contributed by atoms with Gasteiger partial charge in [-0.15, -0.1) is 0 Å². The maximum Gasteiger partial charge on any atom is 0.471 e. The molecule has 0 saturated carbocycles. The van der Waals surface area contributed by atoms with Crippen LogP contribution in [0.15, 0.2) is 29.3 Å². The highest BCUT2D eigenvalue weighted by Gasteiger charge is 2.41. The first kappa shape index (κ1) is 25.8. The molecule has 0 spiro atoms. The molecule has 1 heterocycles. The lowest BCUT2D eigenvalue weighted by molar-refractivity contribution is -0.174. The molecule has 2 aromatic rings. The normalized spacial score (nSPS) is 12.3. The number of halogens is 3. The van der Waals surface area contributed by atoms with Gasteiger partial charge in [0, 0.05) is 6.54 Å². The number of hydrogen-bond donors (Lipinski definition) is 2. The first-order valence-electron chi connectivity index (χ1n) is 10.3.